The van der Waals surface area contributed by atoms with Crippen LogP contribution in [0.3, 0.4) is 0 Å². The molecule has 0 saturated carbocycles. The van der Waals surface area contributed by atoms with E-state index in [9.17, 15) is 13.2 Å². The van der Waals surface area contributed by atoms with Crippen LogP contribution >= 0.6 is 0 Å². The Morgan fingerprint density at radius 1 is 1.00 bits per heavy atom. The summed E-state index contributed by atoms with van der Waals surface area (Å²) in [4.78, 5) is 12.6. The molecule has 2 aromatic rings. The third-order valence-corrected chi connectivity index (χ3v) is 5.64. The summed E-state index contributed by atoms with van der Waals surface area (Å²) in [5, 5.41) is 0. The minimum absolute atomic E-state index is 0.140. The standard InChI is InChI=1S/C16H15NO3S/c1-11-7-9-13(10-8-11)21(19,20)17-12(2)14-5-3-4-6-15(14)16(17)18/h3-10,12H,1-2H3. The molecule has 5 heteroatoms. The number of rotatable bonds is 2. The van der Waals surface area contributed by atoms with E-state index in [-0.39, 0.29) is 4.90 Å². The molecule has 0 aliphatic carbocycles. The molecule has 3 rings (SSSR count). The van der Waals surface area contributed by atoms with E-state index < -0.39 is 22.0 Å². The third-order valence-electron chi connectivity index (χ3n) is 3.77. The van der Waals surface area contributed by atoms with Gasteiger partial charge in [-0.15, -0.1) is 0 Å². The second-order valence-corrected chi connectivity index (χ2v) is 7.00. The molecule has 0 fully saturated rings. The quantitative estimate of drug-likeness (QED) is 0.857. The number of carbonyl (C=O) groups is 1. The molecule has 1 atom stereocenters. The van der Waals surface area contributed by atoms with Crippen molar-refractivity contribution in [3.8, 4) is 0 Å². The van der Waals surface area contributed by atoms with Crippen LogP contribution in [0.25, 0.3) is 0 Å². The second-order valence-electron chi connectivity index (χ2n) is 5.18. The van der Waals surface area contributed by atoms with E-state index in [1.165, 1.54) is 12.1 Å². The highest BCUT2D eigenvalue weighted by atomic mass is 32.2. The van der Waals surface area contributed by atoms with Gasteiger partial charge in [-0.1, -0.05) is 35.9 Å². The van der Waals surface area contributed by atoms with E-state index in [1.54, 1.807) is 37.3 Å². The molecule has 0 bridgehead atoms. The molecule has 1 heterocycles. The van der Waals surface area contributed by atoms with Gasteiger partial charge in [-0.3, -0.25) is 4.79 Å². The summed E-state index contributed by atoms with van der Waals surface area (Å²) >= 11 is 0. The highest BCUT2D eigenvalue weighted by Gasteiger charge is 2.41. The lowest BCUT2D eigenvalue weighted by Gasteiger charge is -2.21. The molecule has 1 aliphatic rings. The lowest BCUT2D eigenvalue weighted by Crippen LogP contribution is -2.33. The Morgan fingerprint density at radius 2 is 1.62 bits per heavy atom. The molecule has 0 spiro atoms. The monoisotopic (exact) mass is 301 g/mol. The van der Waals surface area contributed by atoms with Gasteiger partial charge in [0.05, 0.1) is 10.9 Å². The Hall–Kier alpha value is -2.14. The smallest absolute Gasteiger partial charge is 0.268 e. The number of benzene rings is 2. The van der Waals surface area contributed by atoms with Crippen molar-refractivity contribution in [2.75, 3.05) is 0 Å². The molecule has 0 saturated heterocycles. The second kappa shape index (κ2) is 4.70. The topological polar surface area (TPSA) is 54.5 Å². The van der Waals surface area contributed by atoms with Crippen molar-refractivity contribution in [3.63, 3.8) is 0 Å². The van der Waals surface area contributed by atoms with Crippen molar-refractivity contribution in [2.45, 2.75) is 24.8 Å². The molecule has 2 aromatic carbocycles. The Labute approximate surface area is 124 Å². The Balaban J connectivity index is 2.09. The normalized spacial score (nSPS) is 17.9. The number of fused-ring (bicyclic) bond motifs is 1. The summed E-state index contributed by atoms with van der Waals surface area (Å²) in [6.07, 6.45) is 0. The van der Waals surface area contributed by atoms with Crippen molar-refractivity contribution in [1.82, 2.24) is 4.31 Å². The number of amides is 1. The first-order valence-corrected chi connectivity index (χ1v) is 8.11. The fourth-order valence-corrected chi connectivity index (χ4v) is 4.17. The van der Waals surface area contributed by atoms with Gasteiger partial charge in [-0.2, -0.15) is 0 Å². The van der Waals surface area contributed by atoms with Crippen LogP contribution in [-0.2, 0) is 10.0 Å². The fourth-order valence-electron chi connectivity index (χ4n) is 2.62. The van der Waals surface area contributed by atoms with E-state index >= 15 is 0 Å². The fraction of sp³-hybridized carbons (Fsp3) is 0.188. The van der Waals surface area contributed by atoms with Crippen molar-refractivity contribution >= 4 is 15.9 Å². The van der Waals surface area contributed by atoms with Crippen LogP contribution in [0.15, 0.2) is 53.4 Å². The number of sulfonamides is 1. The van der Waals surface area contributed by atoms with Gasteiger partial charge >= 0.3 is 0 Å². The van der Waals surface area contributed by atoms with Gasteiger partial charge in [0, 0.05) is 5.56 Å². The zero-order valence-electron chi connectivity index (χ0n) is 11.8. The minimum Gasteiger partial charge on any atom is -0.268 e. The van der Waals surface area contributed by atoms with E-state index in [0.29, 0.717) is 5.56 Å². The van der Waals surface area contributed by atoms with E-state index in [0.717, 1.165) is 15.4 Å². The summed E-state index contributed by atoms with van der Waals surface area (Å²) in [5.74, 6) is -0.460. The molecule has 0 N–H and O–H groups in total. The summed E-state index contributed by atoms with van der Waals surface area (Å²) in [7, 11) is -3.84. The highest BCUT2D eigenvalue weighted by Crippen LogP contribution is 2.37. The number of hydrogen-bond acceptors (Lipinski definition) is 3. The Bertz CT molecular complexity index is 810. The van der Waals surface area contributed by atoms with E-state index in [4.69, 9.17) is 0 Å². The largest absolute Gasteiger partial charge is 0.268 e. The number of aryl methyl sites for hydroxylation is 1. The summed E-state index contributed by atoms with van der Waals surface area (Å²) in [6.45, 7) is 3.62. The van der Waals surface area contributed by atoms with Crippen LogP contribution in [0.1, 0.15) is 34.5 Å². The average Bonchev–Trinajstić information content (AvgIpc) is 2.72. The maximum absolute atomic E-state index is 12.7. The molecule has 1 unspecified atom stereocenters. The van der Waals surface area contributed by atoms with Gasteiger partial charge in [-0.25, -0.2) is 12.7 Å². The molecule has 0 aromatic heterocycles. The van der Waals surface area contributed by atoms with Crippen LogP contribution in [0.5, 0.6) is 0 Å². The zero-order chi connectivity index (χ0) is 15.2. The summed E-state index contributed by atoms with van der Waals surface area (Å²) in [5.41, 5.74) is 2.18. The molecular formula is C16H15NO3S. The molecule has 0 radical (unpaired) electrons. The SMILES string of the molecule is Cc1ccc(S(=O)(=O)N2C(=O)c3ccccc3C2C)cc1. The van der Waals surface area contributed by atoms with Crippen molar-refractivity contribution in [3.05, 3.63) is 65.2 Å². The summed E-state index contributed by atoms with van der Waals surface area (Å²) in [6, 6.07) is 13.1. The number of carbonyl (C=O) groups excluding carboxylic acids is 1. The van der Waals surface area contributed by atoms with E-state index in [1.807, 2.05) is 13.0 Å². The molecule has 21 heavy (non-hydrogen) atoms. The van der Waals surface area contributed by atoms with Crippen molar-refractivity contribution in [2.24, 2.45) is 0 Å². The molecular weight excluding hydrogens is 286 g/mol. The van der Waals surface area contributed by atoms with Gasteiger partial charge in [0.2, 0.25) is 0 Å². The maximum Gasteiger partial charge on any atom is 0.268 e. The maximum atomic E-state index is 12.7. The average molecular weight is 301 g/mol. The van der Waals surface area contributed by atoms with Crippen molar-refractivity contribution < 1.29 is 13.2 Å². The van der Waals surface area contributed by atoms with Gasteiger partial charge < -0.3 is 0 Å². The van der Waals surface area contributed by atoms with E-state index in [2.05, 4.69) is 0 Å². The lowest BCUT2D eigenvalue weighted by atomic mass is 10.1. The van der Waals surface area contributed by atoms with Crippen LogP contribution in [0, 0.1) is 6.92 Å². The first-order chi connectivity index (χ1) is 9.93. The predicted octanol–water partition coefficient (Wildman–Crippen LogP) is 2.90. The first-order valence-electron chi connectivity index (χ1n) is 6.67. The molecule has 1 aliphatic heterocycles. The van der Waals surface area contributed by atoms with Crippen molar-refractivity contribution in [1.29, 1.82) is 0 Å². The Morgan fingerprint density at radius 3 is 2.24 bits per heavy atom. The molecule has 4 nitrogen and oxygen atoms in total. The van der Waals surface area contributed by atoms with Crippen LogP contribution in [0.2, 0.25) is 0 Å². The first kappa shape index (κ1) is 13.8. The van der Waals surface area contributed by atoms with Gasteiger partial charge in [0.25, 0.3) is 15.9 Å². The zero-order valence-corrected chi connectivity index (χ0v) is 12.6. The molecule has 1 amide bonds. The van der Waals surface area contributed by atoms with Gasteiger partial charge in [-0.05, 0) is 37.6 Å². The van der Waals surface area contributed by atoms with Crippen LogP contribution in [0.4, 0.5) is 0 Å². The lowest BCUT2D eigenvalue weighted by molar-refractivity contribution is 0.0859. The predicted molar refractivity (Wildman–Crippen MR) is 79.4 cm³/mol. The number of nitrogens with zero attached hydrogens (tertiary/aromatic N) is 1. The highest BCUT2D eigenvalue weighted by molar-refractivity contribution is 7.89. The minimum atomic E-state index is -3.84. The molecule has 108 valence electrons. The van der Waals surface area contributed by atoms with Crippen LogP contribution in [-0.4, -0.2) is 18.6 Å². The Kier molecular flexibility index (Phi) is 3.10. The van der Waals surface area contributed by atoms with Gasteiger partial charge in [0.15, 0.2) is 0 Å². The summed E-state index contributed by atoms with van der Waals surface area (Å²) < 4.78 is 26.5. The number of hydrogen-bond donors (Lipinski definition) is 0. The van der Waals surface area contributed by atoms with Crippen LogP contribution < -0.4 is 0 Å². The van der Waals surface area contributed by atoms with Gasteiger partial charge in [0.1, 0.15) is 0 Å². The third kappa shape index (κ3) is 2.05.